The van der Waals surface area contributed by atoms with Crippen LogP contribution in [0.4, 0.5) is 4.39 Å². The molecule has 0 N–H and O–H groups in total. The largest absolute Gasteiger partial charge is 0.491 e. The second-order valence-electron chi connectivity index (χ2n) is 5.01. The van der Waals surface area contributed by atoms with E-state index in [2.05, 4.69) is 34.7 Å². The molecule has 1 rings (SSSR count). The minimum absolute atomic E-state index is 0.0745. The number of nitrogens with zero attached hydrogens (tertiary/aromatic N) is 1. The molecular formula is C14H21BrFNO. The lowest BCUT2D eigenvalue weighted by Gasteiger charge is -2.24. The fourth-order valence-electron chi connectivity index (χ4n) is 1.52. The fourth-order valence-corrected chi connectivity index (χ4v) is 1.97. The first kappa shape index (κ1) is 15.4. The number of hydrogen-bond acceptors (Lipinski definition) is 2. The van der Waals surface area contributed by atoms with Crippen LogP contribution in [0.25, 0.3) is 0 Å². The summed E-state index contributed by atoms with van der Waals surface area (Å²) in [5, 5.41) is 0. The lowest BCUT2D eigenvalue weighted by molar-refractivity contribution is 0.225. The third kappa shape index (κ3) is 3.95. The second kappa shape index (κ2) is 6.53. The minimum Gasteiger partial charge on any atom is -0.491 e. The van der Waals surface area contributed by atoms with Gasteiger partial charge in [0.1, 0.15) is 11.6 Å². The van der Waals surface area contributed by atoms with Crippen LogP contribution in [-0.2, 0) is 6.54 Å². The Morgan fingerprint density at radius 3 is 2.39 bits per heavy atom. The minimum atomic E-state index is -0.252. The van der Waals surface area contributed by atoms with Crippen LogP contribution in [0.3, 0.4) is 0 Å². The molecule has 0 aliphatic carbocycles. The number of halogens is 2. The van der Waals surface area contributed by atoms with Crippen molar-refractivity contribution in [3.63, 3.8) is 0 Å². The zero-order valence-electron chi connectivity index (χ0n) is 11.6. The van der Waals surface area contributed by atoms with Gasteiger partial charge < -0.3 is 4.74 Å². The Hall–Kier alpha value is -0.610. The van der Waals surface area contributed by atoms with Crippen molar-refractivity contribution in [3.8, 4) is 5.75 Å². The highest BCUT2D eigenvalue weighted by atomic mass is 79.9. The van der Waals surface area contributed by atoms with E-state index in [1.165, 1.54) is 6.07 Å². The first-order valence-electron chi connectivity index (χ1n) is 6.16. The summed E-state index contributed by atoms with van der Waals surface area (Å²) in [5.74, 6) is 0.490. The summed E-state index contributed by atoms with van der Waals surface area (Å²) < 4.78 is 19.9. The van der Waals surface area contributed by atoms with Crippen LogP contribution in [0.15, 0.2) is 16.6 Å². The standard InChI is InChI=1S/C14H21BrFNO/c1-9(2)17(5)8-11-13(18-10(3)4)7-6-12(16)14(11)15/h6-7,9-10H,8H2,1-5H3. The quantitative estimate of drug-likeness (QED) is 0.806. The number of hydrogen-bond donors (Lipinski definition) is 0. The number of benzene rings is 1. The molecule has 4 heteroatoms. The lowest BCUT2D eigenvalue weighted by atomic mass is 10.1. The first-order valence-corrected chi connectivity index (χ1v) is 6.96. The van der Waals surface area contributed by atoms with Gasteiger partial charge in [0.15, 0.2) is 0 Å². The second-order valence-corrected chi connectivity index (χ2v) is 5.81. The molecule has 0 bridgehead atoms. The van der Waals surface area contributed by atoms with Gasteiger partial charge in [0.25, 0.3) is 0 Å². The summed E-state index contributed by atoms with van der Waals surface area (Å²) in [6.45, 7) is 8.80. The van der Waals surface area contributed by atoms with Crippen LogP contribution in [0.1, 0.15) is 33.3 Å². The molecule has 102 valence electrons. The van der Waals surface area contributed by atoms with Crippen molar-refractivity contribution in [1.29, 1.82) is 0 Å². The van der Waals surface area contributed by atoms with Crippen molar-refractivity contribution in [2.75, 3.05) is 7.05 Å². The van der Waals surface area contributed by atoms with E-state index in [1.807, 2.05) is 20.9 Å². The normalized spacial score (nSPS) is 11.7. The highest BCUT2D eigenvalue weighted by molar-refractivity contribution is 9.10. The summed E-state index contributed by atoms with van der Waals surface area (Å²) in [6, 6.07) is 3.52. The Morgan fingerprint density at radius 1 is 1.28 bits per heavy atom. The van der Waals surface area contributed by atoms with Crippen molar-refractivity contribution in [2.24, 2.45) is 0 Å². The van der Waals surface area contributed by atoms with Crippen molar-refractivity contribution in [2.45, 2.75) is 46.4 Å². The van der Waals surface area contributed by atoms with E-state index in [9.17, 15) is 4.39 Å². The Labute approximate surface area is 117 Å². The van der Waals surface area contributed by atoms with Gasteiger partial charge in [0.2, 0.25) is 0 Å². The topological polar surface area (TPSA) is 12.5 Å². The lowest BCUT2D eigenvalue weighted by Crippen LogP contribution is -2.26. The average Bonchev–Trinajstić information content (AvgIpc) is 2.27. The maximum absolute atomic E-state index is 13.6. The molecule has 0 aliphatic heterocycles. The van der Waals surface area contributed by atoms with Crippen molar-refractivity contribution in [3.05, 3.63) is 28.0 Å². The van der Waals surface area contributed by atoms with Gasteiger partial charge in [-0.1, -0.05) is 0 Å². The van der Waals surface area contributed by atoms with E-state index in [4.69, 9.17) is 4.74 Å². The first-order chi connectivity index (χ1) is 8.32. The van der Waals surface area contributed by atoms with Crippen LogP contribution in [0.5, 0.6) is 5.75 Å². The summed E-state index contributed by atoms with van der Waals surface area (Å²) in [5.41, 5.74) is 0.861. The van der Waals surface area contributed by atoms with Crippen LogP contribution in [0.2, 0.25) is 0 Å². The number of ether oxygens (including phenoxy) is 1. The van der Waals surface area contributed by atoms with E-state index < -0.39 is 0 Å². The molecule has 1 aromatic carbocycles. The van der Waals surface area contributed by atoms with Crippen LogP contribution in [-0.4, -0.2) is 24.1 Å². The van der Waals surface area contributed by atoms with Gasteiger partial charge in [-0.15, -0.1) is 0 Å². The monoisotopic (exact) mass is 317 g/mol. The Morgan fingerprint density at radius 2 is 1.89 bits per heavy atom. The van der Waals surface area contributed by atoms with Gasteiger partial charge in [-0.3, -0.25) is 4.90 Å². The molecule has 18 heavy (non-hydrogen) atoms. The van der Waals surface area contributed by atoms with Gasteiger partial charge in [-0.2, -0.15) is 0 Å². The molecule has 0 radical (unpaired) electrons. The van der Waals surface area contributed by atoms with Gasteiger partial charge in [0.05, 0.1) is 10.6 Å². The molecule has 0 heterocycles. The van der Waals surface area contributed by atoms with Gasteiger partial charge in [0, 0.05) is 18.2 Å². The molecule has 1 aromatic rings. The molecular weight excluding hydrogens is 297 g/mol. The summed E-state index contributed by atoms with van der Waals surface area (Å²) >= 11 is 3.32. The van der Waals surface area contributed by atoms with Gasteiger partial charge >= 0.3 is 0 Å². The average molecular weight is 318 g/mol. The smallest absolute Gasteiger partial charge is 0.137 e. The molecule has 0 unspecified atom stereocenters. The van der Waals surface area contributed by atoms with E-state index in [0.717, 1.165) is 11.3 Å². The molecule has 0 saturated heterocycles. The third-order valence-electron chi connectivity index (χ3n) is 2.80. The Bertz CT molecular complexity index is 407. The maximum Gasteiger partial charge on any atom is 0.137 e. The van der Waals surface area contributed by atoms with Gasteiger partial charge in [-0.25, -0.2) is 4.39 Å². The van der Waals surface area contributed by atoms with E-state index in [1.54, 1.807) is 6.07 Å². The van der Waals surface area contributed by atoms with Crippen LogP contribution < -0.4 is 4.74 Å². The Balaban J connectivity index is 3.08. The zero-order valence-corrected chi connectivity index (χ0v) is 13.2. The molecule has 0 saturated carbocycles. The molecule has 0 atom stereocenters. The Kier molecular flexibility index (Phi) is 5.60. The zero-order chi connectivity index (χ0) is 13.9. The fraction of sp³-hybridized carbons (Fsp3) is 0.571. The van der Waals surface area contributed by atoms with E-state index >= 15 is 0 Å². The molecule has 2 nitrogen and oxygen atoms in total. The maximum atomic E-state index is 13.6. The molecule has 0 fully saturated rings. The molecule has 0 spiro atoms. The predicted molar refractivity (Wildman–Crippen MR) is 76.5 cm³/mol. The van der Waals surface area contributed by atoms with Gasteiger partial charge in [-0.05, 0) is 62.8 Å². The summed E-state index contributed by atoms with van der Waals surface area (Å²) in [4.78, 5) is 2.15. The summed E-state index contributed by atoms with van der Waals surface area (Å²) in [6.07, 6.45) is 0.0745. The molecule has 0 aromatic heterocycles. The van der Waals surface area contributed by atoms with Crippen LogP contribution in [0, 0.1) is 5.82 Å². The SMILES string of the molecule is CC(C)Oc1ccc(F)c(Br)c1CN(C)C(C)C. The predicted octanol–water partition coefficient (Wildman–Crippen LogP) is 4.22. The molecule has 0 amide bonds. The van der Waals surface area contributed by atoms with Crippen LogP contribution >= 0.6 is 15.9 Å². The molecule has 0 aliphatic rings. The van der Waals surface area contributed by atoms with Crippen molar-refractivity contribution in [1.82, 2.24) is 4.90 Å². The highest BCUT2D eigenvalue weighted by Crippen LogP contribution is 2.31. The van der Waals surface area contributed by atoms with E-state index in [-0.39, 0.29) is 11.9 Å². The third-order valence-corrected chi connectivity index (χ3v) is 3.66. The summed E-state index contributed by atoms with van der Waals surface area (Å²) in [7, 11) is 2.02. The van der Waals surface area contributed by atoms with Crippen molar-refractivity contribution >= 4 is 15.9 Å². The van der Waals surface area contributed by atoms with E-state index in [0.29, 0.717) is 17.1 Å². The van der Waals surface area contributed by atoms with Crippen molar-refractivity contribution < 1.29 is 9.13 Å². The number of rotatable bonds is 5. The highest BCUT2D eigenvalue weighted by Gasteiger charge is 2.16.